The molecule has 0 aromatic heterocycles. The Bertz CT molecular complexity index is 628. The van der Waals surface area contributed by atoms with Crippen molar-refractivity contribution in [3.8, 4) is 11.1 Å². The summed E-state index contributed by atoms with van der Waals surface area (Å²) in [5.41, 5.74) is 8.63. The molecule has 0 spiro atoms. The lowest BCUT2D eigenvalue weighted by molar-refractivity contribution is 0.686. The van der Waals surface area contributed by atoms with E-state index in [1.165, 1.54) is 47.9 Å². The van der Waals surface area contributed by atoms with Crippen LogP contribution in [0, 0.1) is 6.92 Å². The van der Waals surface area contributed by atoms with Crippen LogP contribution in [0.2, 0.25) is 0 Å². The summed E-state index contributed by atoms with van der Waals surface area (Å²) in [6.45, 7) is 6.35. The summed E-state index contributed by atoms with van der Waals surface area (Å²) < 4.78 is 0. The predicted molar refractivity (Wildman–Crippen MR) is 90.6 cm³/mol. The Kier molecular flexibility index (Phi) is 4.40. The molecule has 2 aromatic rings. The van der Waals surface area contributed by atoms with Crippen molar-refractivity contribution in [3.05, 3.63) is 58.7 Å². The molecule has 110 valence electrons. The minimum atomic E-state index is 0.960. The van der Waals surface area contributed by atoms with Crippen molar-refractivity contribution >= 4 is 0 Å². The van der Waals surface area contributed by atoms with Crippen LogP contribution in [0.1, 0.15) is 42.0 Å². The second-order valence-electron chi connectivity index (χ2n) is 6.12. The number of fused-ring (bicyclic) bond motifs is 1. The Labute approximate surface area is 128 Å². The molecule has 0 atom stereocenters. The molecule has 1 heteroatoms. The van der Waals surface area contributed by atoms with Crippen LogP contribution in [-0.4, -0.2) is 6.54 Å². The molecule has 0 aliphatic heterocycles. The van der Waals surface area contributed by atoms with Crippen LogP contribution < -0.4 is 5.32 Å². The van der Waals surface area contributed by atoms with Crippen LogP contribution in [-0.2, 0) is 19.4 Å². The fourth-order valence-electron chi connectivity index (χ4n) is 3.33. The van der Waals surface area contributed by atoms with Gasteiger partial charge in [0.2, 0.25) is 0 Å². The topological polar surface area (TPSA) is 12.0 Å². The third-order valence-corrected chi connectivity index (χ3v) is 4.53. The van der Waals surface area contributed by atoms with Gasteiger partial charge in [-0.2, -0.15) is 0 Å². The van der Waals surface area contributed by atoms with Crippen molar-refractivity contribution in [2.75, 3.05) is 6.54 Å². The second-order valence-corrected chi connectivity index (χ2v) is 6.12. The van der Waals surface area contributed by atoms with Gasteiger partial charge in [-0.3, -0.25) is 0 Å². The lowest BCUT2D eigenvalue weighted by Crippen LogP contribution is -2.11. The summed E-state index contributed by atoms with van der Waals surface area (Å²) in [6.07, 6.45) is 5.21. The highest BCUT2D eigenvalue weighted by Gasteiger charge is 2.11. The molecule has 0 fully saturated rings. The first-order valence-corrected chi connectivity index (χ1v) is 8.20. The maximum Gasteiger partial charge on any atom is 0.0205 e. The summed E-state index contributed by atoms with van der Waals surface area (Å²) in [5, 5.41) is 3.39. The van der Waals surface area contributed by atoms with E-state index >= 15 is 0 Å². The quantitative estimate of drug-likeness (QED) is 0.859. The zero-order chi connectivity index (χ0) is 14.7. The van der Waals surface area contributed by atoms with Crippen LogP contribution in [0.3, 0.4) is 0 Å². The molecule has 0 saturated heterocycles. The molecule has 1 aliphatic carbocycles. The molecule has 0 heterocycles. The van der Waals surface area contributed by atoms with Gasteiger partial charge in [-0.05, 0) is 72.5 Å². The number of aryl methyl sites for hydroxylation is 3. The highest BCUT2D eigenvalue weighted by molar-refractivity contribution is 5.69. The second kappa shape index (κ2) is 6.44. The molecule has 0 saturated carbocycles. The Morgan fingerprint density at radius 1 is 0.952 bits per heavy atom. The molecule has 2 aromatic carbocycles. The van der Waals surface area contributed by atoms with Gasteiger partial charge < -0.3 is 5.32 Å². The molecule has 0 bridgehead atoms. The molecule has 21 heavy (non-hydrogen) atoms. The van der Waals surface area contributed by atoms with E-state index in [1.807, 2.05) is 0 Å². The maximum absolute atomic E-state index is 3.39. The molecule has 1 aliphatic rings. The average molecular weight is 279 g/mol. The number of rotatable bonds is 4. The van der Waals surface area contributed by atoms with Gasteiger partial charge in [-0.15, -0.1) is 0 Å². The molecule has 1 N–H and O–H groups in total. The third kappa shape index (κ3) is 3.19. The van der Waals surface area contributed by atoms with Gasteiger partial charge >= 0.3 is 0 Å². The number of hydrogen-bond acceptors (Lipinski definition) is 1. The van der Waals surface area contributed by atoms with Crippen molar-refractivity contribution < 1.29 is 0 Å². The molecule has 3 rings (SSSR count). The summed E-state index contributed by atoms with van der Waals surface area (Å²) in [6, 6.07) is 13.9. The van der Waals surface area contributed by atoms with E-state index in [-0.39, 0.29) is 0 Å². The summed E-state index contributed by atoms with van der Waals surface area (Å²) >= 11 is 0. The van der Waals surface area contributed by atoms with Crippen molar-refractivity contribution in [2.24, 2.45) is 0 Å². The van der Waals surface area contributed by atoms with E-state index in [0.717, 1.165) is 13.1 Å². The van der Waals surface area contributed by atoms with Gasteiger partial charge in [-0.1, -0.05) is 43.3 Å². The zero-order valence-corrected chi connectivity index (χ0v) is 13.2. The van der Waals surface area contributed by atoms with Crippen LogP contribution in [0.5, 0.6) is 0 Å². The van der Waals surface area contributed by atoms with E-state index in [1.54, 1.807) is 11.1 Å². The Morgan fingerprint density at radius 3 is 2.52 bits per heavy atom. The van der Waals surface area contributed by atoms with Crippen LogP contribution in [0.25, 0.3) is 11.1 Å². The fourth-order valence-corrected chi connectivity index (χ4v) is 3.33. The smallest absolute Gasteiger partial charge is 0.0205 e. The molecule has 1 nitrogen and oxygen atoms in total. The highest BCUT2D eigenvalue weighted by Crippen LogP contribution is 2.29. The Hall–Kier alpha value is -1.60. The van der Waals surface area contributed by atoms with E-state index in [4.69, 9.17) is 0 Å². The summed E-state index contributed by atoms with van der Waals surface area (Å²) in [4.78, 5) is 0. The summed E-state index contributed by atoms with van der Waals surface area (Å²) in [5.74, 6) is 0. The van der Waals surface area contributed by atoms with E-state index < -0.39 is 0 Å². The standard InChI is InChI=1S/C20H25N/c1-3-21-14-16-8-11-20(15(2)12-16)19-10-9-17-6-4-5-7-18(17)13-19/h8-13,21H,3-7,14H2,1-2H3. The number of hydrogen-bond donors (Lipinski definition) is 1. The normalized spacial score (nSPS) is 14.0. The van der Waals surface area contributed by atoms with E-state index in [9.17, 15) is 0 Å². The van der Waals surface area contributed by atoms with Crippen molar-refractivity contribution in [1.82, 2.24) is 5.32 Å². The van der Waals surface area contributed by atoms with Gasteiger partial charge in [0.15, 0.2) is 0 Å². The first-order chi connectivity index (χ1) is 10.3. The first kappa shape index (κ1) is 14.3. The average Bonchev–Trinajstić information content (AvgIpc) is 2.52. The Balaban J connectivity index is 1.89. The van der Waals surface area contributed by atoms with Crippen molar-refractivity contribution in [2.45, 2.75) is 46.1 Å². The van der Waals surface area contributed by atoms with E-state index in [2.05, 4.69) is 55.6 Å². The SMILES string of the molecule is CCNCc1ccc(-c2ccc3c(c2)CCCC3)c(C)c1. The molecule has 0 radical (unpaired) electrons. The molecular weight excluding hydrogens is 254 g/mol. The van der Waals surface area contributed by atoms with Gasteiger partial charge in [0.25, 0.3) is 0 Å². The van der Waals surface area contributed by atoms with Gasteiger partial charge in [0, 0.05) is 6.54 Å². The lowest BCUT2D eigenvalue weighted by Gasteiger charge is -2.17. The largest absolute Gasteiger partial charge is 0.313 e. The zero-order valence-electron chi connectivity index (χ0n) is 13.2. The minimum Gasteiger partial charge on any atom is -0.313 e. The summed E-state index contributed by atoms with van der Waals surface area (Å²) in [7, 11) is 0. The van der Waals surface area contributed by atoms with Gasteiger partial charge in [-0.25, -0.2) is 0 Å². The number of nitrogens with one attached hydrogen (secondary N) is 1. The van der Waals surface area contributed by atoms with Gasteiger partial charge in [0.05, 0.1) is 0 Å². The minimum absolute atomic E-state index is 0.960. The highest BCUT2D eigenvalue weighted by atomic mass is 14.8. The lowest BCUT2D eigenvalue weighted by atomic mass is 9.88. The Morgan fingerprint density at radius 2 is 1.76 bits per heavy atom. The monoisotopic (exact) mass is 279 g/mol. The van der Waals surface area contributed by atoms with Crippen LogP contribution in [0.4, 0.5) is 0 Å². The fraction of sp³-hybridized carbons (Fsp3) is 0.400. The van der Waals surface area contributed by atoms with E-state index in [0.29, 0.717) is 0 Å². The van der Waals surface area contributed by atoms with Crippen molar-refractivity contribution in [1.29, 1.82) is 0 Å². The first-order valence-electron chi connectivity index (χ1n) is 8.20. The van der Waals surface area contributed by atoms with Crippen molar-refractivity contribution in [3.63, 3.8) is 0 Å². The number of benzene rings is 2. The third-order valence-electron chi connectivity index (χ3n) is 4.53. The maximum atomic E-state index is 3.39. The predicted octanol–water partition coefficient (Wildman–Crippen LogP) is 4.65. The van der Waals surface area contributed by atoms with Crippen LogP contribution >= 0.6 is 0 Å². The molecular formula is C20H25N. The molecule has 0 amide bonds. The van der Waals surface area contributed by atoms with Gasteiger partial charge in [0.1, 0.15) is 0 Å². The van der Waals surface area contributed by atoms with Crippen LogP contribution in [0.15, 0.2) is 36.4 Å². The molecule has 0 unspecified atom stereocenters.